The predicted molar refractivity (Wildman–Crippen MR) is 111 cm³/mol. The van der Waals surface area contributed by atoms with Crippen LogP contribution in [0.25, 0.3) is 16.7 Å². The lowest BCUT2D eigenvalue weighted by Crippen LogP contribution is -2.51. The van der Waals surface area contributed by atoms with Gasteiger partial charge in [-0.05, 0) is 6.07 Å². The van der Waals surface area contributed by atoms with Crippen molar-refractivity contribution in [3.63, 3.8) is 0 Å². The summed E-state index contributed by atoms with van der Waals surface area (Å²) in [5, 5.41) is 26.7. The van der Waals surface area contributed by atoms with Crippen molar-refractivity contribution < 1.29 is 23.4 Å². The highest BCUT2D eigenvalue weighted by Crippen LogP contribution is 2.39. The number of nitrogens with zero attached hydrogens (tertiary/aromatic N) is 6. The lowest BCUT2D eigenvalue weighted by Gasteiger charge is -2.38. The Labute approximate surface area is 187 Å². The molecule has 5 N–H and O–H groups in total. The van der Waals surface area contributed by atoms with E-state index >= 15 is 4.39 Å². The highest BCUT2D eigenvalue weighted by atomic mass is 35.5. The predicted octanol–water partition coefficient (Wildman–Crippen LogP) is 1.19. The number of nitrogens with one attached hydrogen (secondary N) is 1. The molecule has 0 saturated carbocycles. The van der Waals surface area contributed by atoms with Crippen LogP contribution in [0.5, 0.6) is 0 Å². The minimum absolute atomic E-state index is 0.0907. The number of nitrogen functional groups attached to an aromatic ring is 1. The van der Waals surface area contributed by atoms with Crippen LogP contribution in [0, 0.1) is 17.5 Å². The van der Waals surface area contributed by atoms with Gasteiger partial charge in [-0.3, -0.25) is 9.36 Å². The van der Waals surface area contributed by atoms with Gasteiger partial charge in [-0.2, -0.15) is 5.53 Å². The first kappa shape index (κ1) is 21.2. The molecule has 0 spiro atoms. The van der Waals surface area contributed by atoms with Gasteiger partial charge in [0.2, 0.25) is 5.43 Å². The molecule has 0 bridgehead atoms. The van der Waals surface area contributed by atoms with E-state index in [2.05, 4.69) is 20.9 Å². The highest BCUT2D eigenvalue weighted by Gasteiger charge is 2.32. The molecule has 3 aromatic rings. The number of benzene rings is 1. The van der Waals surface area contributed by atoms with Crippen LogP contribution in [-0.4, -0.2) is 45.3 Å². The number of anilines is 3. The topological polar surface area (TPSA) is 145 Å². The molecule has 2 aromatic heterocycles. The van der Waals surface area contributed by atoms with Crippen LogP contribution in [0.4, 0.5) is 30.4 Å². The Morgan fingerprint density at radius 2 is 1.88 bits per heavy atom. The van der Waals surface area contributed by atoms with Gasteiger partial charge in [-0.25, -0.2) is 23.2 Å². The number of aromatic nitrogens is 2. The van der Waals surface area contributed by atoms with Gasteiger partial charge in [0.1, 0.15) is 11.5 Å². The van der Waals surface area contributed by atoms with E-state index in [-0.39, 0.29) is 40.4 Å². The Balaban J connectivity index is 1.86. The summed E-state index contributed by atoms with van der Waals surface area (Å²) in [5.41, 5.74) is 6.43. The van der Waals surface area contributed by atoms with Crippen molar-refractivity contribution in [2.45, 2.75) is 12.5 Å². The summed E-state index contributed by atoms with van der Waals surface area (Å²) >= 11 is 6.50. The minimum atomic E-state index is -1.61. The van der Waals surface area contributed by atoms with Crippen molar-refractivity contribution in [3.8, 4) is 5.82 Å². The summed E-state index contributed by atoms with van der Waals surface area (Å²) in [5.74, 6) is -4.29. The average Bonchev–Trinajstić information content (AvgIpc) is 3.16. The summed E-state index contributed by atoms with van der Waals surface area (Å²) < 4.78 is 44.6. The standard InChI is InChI=1S/C18H14ClF3N8O3/c19-12-13-7(1-8(20)14(12)28-3-6(31)4-28)15(32)11(30-18(33)25-26-27-30)5-29(13)17-10(22)2-9(21)16(23)24-17/h1-2,5-6,18,31,33H,3-4H2,(H2,23,24)(H,25,27). The van der Waals surface area contributed by atoms with Gasteiger partial charge in [-0.15, -0.1) is 5.11 Å². The smallest absolute Gasteiger partial charge is 0.265 e. The van der Waals surface area contributed by atoms with Crippen LogP contribution < -0.4 is 26.6 Å². The van der Waals surface area contributed by atoms with Gasteiger partial charge in [-0.1, -0.05) is 16.8 Å². The van der Waals surface area contributed by atoms with E-state index in [1.54, 1.807) is 0 Å². The summed E-state index contributed by atoms with van der Waals surface area (Å²) in [6.07, 6.45) is -1.24. The van der Waals surface area contributed by atoms with E-state index in [1.807, 2.05) is 0 Å². The molecule has 1 unspecified atom stereocenters. The second-order valence-electron chi connectivity index (χ2n) is 7.38. The van der Waals surface area contributed by atoms with E-state index in [0.29, 0.717) is 6.07 Å². The molecule has 1 fully saturated rings. The normalized spacial score (nSPS) is 18.2. The van der Waals surface area contributed by atoms with Crippen LogP contribution in [0.15, 0.2) is 33.5 Å². The maximum Gasteiger partial charge on any atom is 0.265 e. The van der Waals surface area contributed by atoms with Gasteiger partial charge in [0.05, 0.1) is 27.7 Å². The number of hydrogen-bond donors (Lipinski definition) is 4. The van der Waals surface area contributed by atoms with Crippen LogP contribution >= 0.6 is 11.6 Å². The first-order chi connectivity index (χ1) is 15.7. The zero-order valence-electron chi connectivity index (χ0n) is 16.4. The summed E-state index contributed by atoms with van der Waals surface area (Å²) in [7, 11) is 0. The monoisotopic (exact) mass is 482 g/mol. The lowest BCUT2D eigenvalue weighted by molar-refractivity contribution is 0.141. The van der Waals surface area contributed by atoms with Crippen LogP contribution in [0.2, 0.25) is 5.02 Å². The molecule has 172 valence electrons. The van der Waals surface area contributed by atoms with E-state index in [4.69, 9.17) is 17.3 Å². The van der Waals surface area contributed by atoms with Crippen LogP contribution in [-0.2, 0) is 0 Å². The molecule has 0 aliphatic carbocycles. The maximum atomic E-state index is 15.0. The van der Waals surface area contributed by atoms with Gasteiger partial charge in [0.25, 0.3) is 6.35 Å². The molecule has 1 saturated heterocycles. The molecule has 15 heteroatoms. The molecule has 0 amide bonds. The third-order valence-electron chi connectivity index (χ3n) is 5.29. The number of fused-ring (bicyclic) bond motifs is 1. The number of rotatable bonds is 3. The fraction of sp³-hybridized carbons (Fsp3) is 0.222. The number of pyridine rings is 2. The number of nitrogens with two attached hydrogens (primary N) is 1. The molecule has 0 radical (unpaired) electrons. The molecular weight excluding hydrogens is 469 g/mol. The second-order valence-corrected chi connectivity index (χ2v) is 7.76. The number of halogens is 4. The Morgan fingerprint density at radius 3 is 2.52 bits per heavy atom. The lowest BCUT2D eigenvalue weighted by atomic mass is 10.1. The fourth-order valence-corrected chi connectivity index (χ4v) is 4.11. The van der Waals surface area contributed by atoms with E-state index in [9.17, 15) is 23.8 Å². The second kappa shape index (κ2) is 7.47. The Bertz CT molecular complexity index is 1400. The Morgan fingerprint density at radius 1 is 1.15 bits per heavy atom. The van der Waals surface area contributed by atoms with Crippen molar-refractivity contribution >= 4 is 39.7 Å². The number of hydrazine groups is 1. The van der Waals surface area contributed by atoms with E-state index < -0.39 is 47.0 Å². The van der Waals surface area contributed by atoms with Crippen molar-refractivity contribution in [3.05, 3.63) is 51.0 Å². The third kappa shape index (κ3) is 3.21. The van der Waals surface area contributed by atoms with E-state index in [1.165, 1.54) is 4.90 Å². The zero-order valence-corrected chi connectivity index (χ0v) is 17.1. The largest absolute Gasteiger partial charge is 0.389 e. The average molecular weight is 483 g/mol. The molecule has 2 aliphatic rings. The quantitative estimate of drug-likeness (QED) is 0.435. The number of hydrogen-bond acceptors (Lipinski definition) is 10. The molecule has 33 heavy (non-hydrogen) atoms. The van der Waals surface area contributed by atoms with Gasteiger partial charge in [0, 0.05) is 25.4 Å². The molecule has 1 aromatic carbocycles. The Kier molecular flexibility index (Phi) is 4.81. The zero-order chi connectivity index (χ0) is 23.6. The van der Waals surface area contributed by atoms with Gasteiger partial charge in [0.15, 0.2) is 23.3 Å². The minimum Gasteiger partial charge on any atom is -0.389 e. The van der Waals surface area contributed by atoms with E-state index in [0.717, 1.165) is 21.8 Å². The number of β-amino-alcohol motifs (C(OH)–C–C–N with tert-alkyl or cyclic N) is 1. The molecule has 5 rings (SSSR count). The van der Waals surface area contributed by atoms with Crippen LogP contribution in [0.3, 0.4) is 0 Å². The molecular formula is C18H14ClF3N8O3. The third-order valence-corrected chi connectivity index (χ3v) is 5.64. The highest BCUT2D eigenvalue weighted by molar-refractivity contribution is 6.38. The first-order valence-corrected chi connectivity index (χ1v) is 9.80. The maximum absolute atomic E-state index is 15.0. The molecule has 11 nitrogen and oxygen atoms in total. The van der Waals surface area contributed by atoms with Crippen molar-refractivity contribution in [1.82, 2.24) is 15.1 Å². The summed E-state index contributed by atoms with van der Waals surface area (Å²) in [6, 6.07) is 1.39. The fourth-order valence-electron chi connectivity index (χ4n) is 3.70. The van der Waals surface area contributed by atoms with Crippen molar-refractivity contribution in [2.24, 2.45) is 10.3 Å². The summed E-state index contributed by atoms with van der Waals surface area (Å²) in [6.45, 7) is 0.181. The SMILES string of the molecule is Nc1nc(-n2cc(N3NN=NC3O)c(=O)c3cc(F)c(N4CC(O)C4)c(Cl)c32)c(F)cc1F. The van der Waals surface area contributed by atoms with Crippen LogP contribution in [0.1, 0.15) is 0 Å². The number of aliphatic hydroxyl groups is 2. The first-order valence-electron chi connectivity index (χ1n) is 9.42. The summed E-state index contributed by atoms with van der Waals surface area (Å²) in [4.78, 5) is 18.4. The number of aliphatic hydroxyl groups excluding tert-OH is 2. The molecule has 2 aliphatic heterocycles. The van der Waals surface area contributed by atoms with Gasteiger partial charge < -0.3 is 20.8 Å². The van der Waals surface area contributed by atoms with Gasteiger partial charge >= 0.3 is 0 Å². The Hall–Kier alpha value is -3.62. The molecule has 1 atom stereocenters. The molecule has 4 heterocycles. The van der Waals surface area contributed by atoms with Crippen molar-refractivity contribution in [2.75, 3.05) is 28.7 Å². The van der Waals surface area contributed by atoms with Crippen molar-refractivity contribution in [1.29, 1.82) is 0 Å².